The van der Waals surface area contributed by atoms with Gasteiger partial charge in [-0.05, 0) is 48.6 Å². The standard InChI is InChI=1S/C16H15ClN2O3S/c1-10-5-8-15(18-9-10)23(21,22)19-16(20)13-7-6-12-11(13)3-2-4-14(12)17/h2-5,8-9,13H,6-7H2,1H3,(H,19,20). The first kappa shape index (κ1) is 16.0. The van der Waals surface area contributed by atoms with Crippen molar-refractivity contribution in [2.75, 3.05) is 0 Å². The topological polar surface area (TPSA) is 76.1 Å². The second kappa shape index (κ2) is 5.94. The first-order valence-corrected chi connectivity index (χ1v) is 9.01. The molecule has 3 rings (SSSR count). The Labute approximate surface area is 139 Å². The number of carbonyl (C=O) groups excluding carboxylic acids is 1. The molecule has 1 heterocycles. The molecule has 7 heteroatoms. The van der Waals surface area contributed by atoms with Gasteiger partial charge < -0.3 is 0 Å². The molecule has 0 bridgehead atoms. The molecule has 1 N–H and O–H groups in total. The summed E-state index contributed by atoms with van der Waals surface area (Å²) in [4.78, 5) is 16.3. The fourth-order valence-corrected chi connectivity index (χ4v) is 3.98. The second-order valence-electron chi connectivity index (χ2n) is 5.54. The molecular formula is C16H15ClN2O3S. The third-order valence-corrected chi connectivity index (χ3v) is 5.54. The Morgan fingerprint density at radius 1 is 1.30 bits per heavy atom. The molecule has 5 nitrogen and oxygen atoms in total. The maximum absolute atomic E-state index is 12.4. The number of sulfonamides is 1. The van der Waals surface area contributed by atoms with E-state index in [1.165, 1.54) is 12.3 Å². The number of hydrogen-bond acceptors (Lipinski definition) is 4. The molecule has 1 atom stereocenters. The third kappa shape index (κ3) is 3.09. The molecule has 1 amide bonds. The zero-order chi connectivity index (χ0) is 16.6. The average Bonchev–Trinajstić information content (AvgIpc) is 2.93. The Bertz CT molecular complexity index is 863. The average molecular weight is 351 g/mol. The van der Waals surface area contributed by atoms with Crippen LogP contribution >= 0.6 is 11.6 Å². The molecule has 1 aliphatic rings. The molecule has 1 aliphatic carbocycles. The predicted molar refractivity (Wildman–Crippen MR) is 86.8 cm³/mol. The van der Waals surface area contributed by atoms with E-state index in [0.717, 1.165) is 16.7 Å². The number of aromatic nitrogens is 1. The summed E-state index contributed by atoms with van der Waals surface area (Å²) in [5.74, 6) is -1.06. The molecule has 0 spiro atoms. The van der Waals surface area contributed by atoms with Gasteiger partial charge in [0.2, 0.25) is 5.91 Å². The van der Waals surface area contributed by atoms with Crippen molar-refractivity contribution >= 4 is 27.5 Å². The summed E-state index contributed by atoms with van der Waals surface area (Å²) < 4.78 is 26.7. The Kier molecular flexibility index (Phi) is 4.12. The van der Waals surface area contributed by atoms with Crippen LogP contribution in [0, 0.1) is 6.92 Å². The Morgan fingerprint density at radius 3 is 2.78 bits per heavy atom. The van der Waals surface area contributed by atoms with Crippen molar-refractivity contribution < 1.29 is 13.2 Å². The molecule has 1 aromatic heterocycles. The maximum atomic E-state index is 12.4. The van der Waals surface area contributed by atoms with E-state index in [-0.39, 0.29) is 5.03 Å². The van der Waals surface area contributed by atoms with Crippen LogP contribution in [0.25, 0.3) is 0 Å². The minimum Gasteiger partial charge on any atom is -0.273 e. The van der Waals surface area contributed by atoms with Gasteiger partial charge in [-0.1, -0.05) is 29.8 Å². The van der Waals surface area contributed by atoms with Gasteiger partial charge in [-0.3, -0.25) is 4.79 Å². The van der Waals surface area contributed by atoms with Crippen LogP contribution in [0.1, 0.15) is 29.0 Å². The lowest BCUT2D eigenvalue weighted by Gasteiger charge is -2.12. The lowest BCUT2D eigenvalue weighted by Crippen LogP contribution is -2.34. The van der Waals surface area contributed by atoms with Crippen LogP contribution in [0.3, 0.4) is 0 Å². The molecule has 2 aromatic rings. The van der Waals surface area contributed by atoms with Crippen molar-refractivity contribution in [3.63, 3.8) is 0 Å². The first-order chi connectivity index (χ1) is 10.9. The summed E-state index contributed by atoms with van der Waals surface area (Å²) >= 11 is 6.12. The number of nitrogens with zero attached hydrogens (tertiary/aromatic N) is 1. The highest BCUT2D eigenvalue weighted by Gasteiger charge is 2.32. The van der Waals surface area contributed by atoms with Crippen molar-refractivity contribution in [1.29, 1.82) is 0 Å². The van der Waals surface area contributed by atoms with Crippen LogP contribution in [0.15, 0.2) is 41.6 Å². The molecular weight excluding hydrogens is 336 g/mol. The minimum absolute atomic E-state index is 0.166. The molecule has 0 saturated carbocycles. The quantitative estimate of drug-likeness (QED) is 0.923. The number of fused-ring (bicyclic) bond motifs is 1. The Balaban J connectivity index is 1.83. The number of benzene rings is 1. The normalized spacial score (nSPS) is 16.9. The minimum atomic E-state index is -3.97. The Morgan fingerprint density at radius 2 is 2.09 bits per heavy atom. The molecule has 0 radical (unpaired) electrons. The van der Waals surface area contributed by atoms with Crippen LogP contribution < -0.4 is 4.72 Å². The first-order valence-electron chi connectivity index (χ1n) is 7.15. The smallest absolute Gasteiger partial charge is 0.273 e. The predicted octanol–water partition coefficient (Wildman–Crippen LogP) is 2.58. The van der Waals surface area contributed by atoms with Crippen molar-refractivity contribution in [1.82, 2.24) is 9.71 Å². The highest BCUT2D eigenvalue weighted by Crippen LogP contribution is 2.37. The molecule has 0 aliphatic heterocycles. The van der Waals surface area contributed by atoms with Gasteiger partial charge in [0.1, 0.15) is 0 Å². The van der Waals surface area contributed by atoms with E-state index in [2.05, 4.69) is 9.71 Å². The van der Waals surface area contributed by atoms with E-state index >= 15 is 0 Å². The van der Waals surface area contributed by atoms with Gasteiger partial charge in [-0.25, -0.2) is 9.71 Å². The van der Waals surface area contributed by atoms with Gasteiger partial charge in [-0.15, -0.1) is 0 Å². The number of hydrogen-bond donors (Lipinski definition) is 1. The summed E-state index contributed by atoms with van der Waals surface area (Å²) in [6, 6.07) is 8.37. The maximum Gasteiger partial charge on any atom is 0.281 e. The zero-order valence-electron chi connectivity index (χ0n) is 12.4. The molecule has 23 heavy (non-hydrogen) atoms. The van der Waals surface area contributed by atoms with E-state index in [0.29, 0.717) is 17.9 Å². The van der Waals surface area contributed by atoms with Crippen LogP contribution in [0.4, 0.5) is 0 Å². The Hall–Kier alpha value is -1.92. The number of pyridine rings is 1. The fourth-order valence-electron chi connectivity index (χ4n) is 2.75. The van der Waals surface area contributed by atoms with E-state index in [4.69, 9.17) is 11.6 Å². The van der Waals surface area contributed by atoms with Crippen LogP contribution in [0.5, 0.6) is 0 Å². The summed E-state index contributed by atoms with van der Waals surface area (Å²) in [7, 11) is -3.97. The highest BCUT2D eigenvalue weighted by molar-refractivity contribution is 7.90. The second-order valence-corrected chi connectivity index (χ2v) is 7.58. The summed E-state index contributed by atoms with van der Waals surface area (Å²) in [6.07, 6.45) is 2.65. The van der Waals surface area contributed by atoms with Gasteiger partial charge in [0.15, 0.2) is 5.03 Å². The molecule has 1 unspecified atom stereocenters. The molecule has 120 valence electrons. The molecule has 0 saturated heterocycles. The molecule has 0 fully saturated rings. The lowest BCUT2D eigenvalue weighted by molar-refractivity contribution is -0.120. The van der Waals surface area contributed by atoms with E-state index in [1.807, 2.05) is 6.07 Å². The lowest BCUT2D eigenvalue weighted by atomic mass is 10.0. The monoisotopic (exact) mass is 350 g/mol. The van der Waals surface area contributed by atoms with Crippen molar-refractivity contribution in [3.8, 4) is 0 Å². The van der Waals surface area contributed by atoms with Crippen molar-refractivity contribution in [2.24, 2.45) is 0 Å². The number of aryl methyl sites for hydroxylation is 1. The van der Waals surface area contributed by atoms with Crippen molar-refractivity contribution in [2.45, 2.75) is 30.7 Å². The van der Waals surface area contributed by atoms with Crippen LogP contribution in [-0.4, -0.2) is 19.3 Å². The van der Waals surface area contributed by atoms with Gasteiger partial charge in [0.25, 0.3) is 10.0 Å². The number of amides is 1. The van der Waals surface area contributed by atoms with Crippen LogP contribution in [-0.2, 0) is 21.2 Å². The van der Waals surface area contributed by atoms with Gasteiger partial charge in [0, 0.05) is 11.2 Å². The van der Waals surface area contributed by atoms with Gasteiger partial charge in [-0.2, -0.15) is 8.42 Å². The van der Waals surface area contributed by atoms with Crippen molar-refractivity contribution in [3.05, 3.63) is 58.2 Å². The van der Waals surface area contributed by atoms with Gasteiger partial charge in [0.05, 0.1) is 5.92 Å². The van der Waals surface area contributed by atoms with E-state index < -0.39 is 21.8 Å². The zero-order valence-corrected chi connectivity index (χ0v) is 14.0. The largest absolute Gasteiger partial charge is 0.281 e. The number of nitrogens with one attached hydrogen (secondary N) is 1. The number of carbonyl (C=O) groups is 1. The summed E-state index contributed by atoms with van der Waals surface area (Å²) in [5.41, 5.74) is 2.55. The third-order valence-electron chi connectivity index (χ3n) is 3.92. The SMILES string of the molecule is Cc1ccc(S(=O)(=O)NC(=O)C2CCc3c(Cl)cccc32)nc1. The van der Waals surface area contributed by atoms with E-state index in [1.54, 1.807) is 25.1 Å². The summed E-state index contributed by atoms with van der Waals surface area (Å²) in [6.45, 7) is 1.81. The molecule has 1 aromatic carbocycles. The number of halogens is 1. The summed E-state index contributed by atoms with van der Waals surface area (Å²) in [5, 5.41) is 0.446. The number of rotatable bonds is 3. The van der Waals surface area contributed by atoms with Gasteiger partial charge >= 0.3 is 0 Å². The highest BCUT2D eigenvalue weighted by atomic mass is 35.5. The van der Waals surface area contributed by atoms with E-state index in [9.17, 15) is 13.2 Å². The van der Waals surface area contributed by atoms with Crippen LogP contribution in [0.2, 0.25) is 5.02 Å². The fraction of sp³-hybridized carbons (Fsp3) is 0.250.